The van der Waals surface area contributed by atoms with Crippen LogP contribution in [0, 0.1) is 6.92 Å². The number of hydrogen-bond acceptors (Lipinski definition) is 4. The van der Waals surface area contributed by atoms with Crippen molar-refractivity contribution < 1.29 is 26.0 Å². The summed E-state index contributed by atoms with van der Waals surface area (Å²) in [5, 5.41) is 0. The lowest BCUT2D eigenvalue weighted by Gasteiger charge is -2.10. The molecule has 0 aliphatic carbocycles. The molecular weight excluding hydrogens is 333 g/mol. The SMILES string of the molecule is Cc1c(-c2ccc(S(C)(=O)=O)cc2)cc(CC(F)(F)F)oc1=O. The molecule has 1 aromatic carbocycles. The molecule has 23 heavy (non-hydrogen) atoms. The Balaban J connectivity index is 2.52. The van der Waals surface area contributed by atoms with Crippen LogP contribution in [-0.4, -0.2) is 20.8 Å². The van der Waals surface area contributed by atoms with E-state index in [1.807, 2.05) is 0 Å². The summed E-state index contributed by atoms with van der Waals surface area (Å²) in [4.78, 5) is 11.8. The summed E-state index contributed by atoms with van der Waals surface area (Å²) in [6.45, 7) is 1.43. The monoisotopic (exact) mass is 346 g/mol. The van der Waals surface area contributed by atoms with Gasteiger partial charge in [-0.2, -0.15) is 13.2 Å². The molecule has 1 aromatic heterocycles. The highest BCUT2D eigenvalue weighted by Crippen LogP contribution is 2.27. The van der Waals surface area contributed by atoms with Gasteiger partial charge in [-0.1, -0.05) is 12.1 Å². The van der Waals surface area contributed by atoms with Crippen LogP contribution in [0.1, 0.15) is 11.3 Å². The van der Waals surface area contributed by atoms with Gasteiger partial charge in [0, 0.05) is 11.8 Å². The Hall–Kier alpha value is -2.09. The average molecular weight is 346 g/mol. The molecule has 2 rings (SSSR count). The van der Waals surface area contributed by atoms with E-state index < -0.39 is 33.8 Å². The summed E-state index contributed by atoms with van der Waals surface area (Å²) >= 11 is 0. The van der Waals surface area contributed by atoms with Crippen molar-refractivity contribution in [3.8, 4) is 11.1 Å². The first-order chi connectivity index (χ1) is 10.5. The topological polar surface area (TPSA) is 64.3 Å². The van der Waals surface area contributed by atoms with E-state index in [1.165, 1.54) is 31.2 Å². The molecule has 0 aliphatic heterocycles. The van der Waals surface area contributed by atoms with Crippen molar-refractivity contribution in [1.29, 1.82) is 0 Å². The average Bonchev–Trinajstić information content (AvgIpc) is 2.40. The minimum Gasteiger partial charge on any atom is -0.427 e. The van der Waals surface area contributed by atoms with E-state index in [9.17, 15) is 26.4 Å². The highest BCUT2D eigenvalue weighted by Gasteiger charge is 2.30. The number of rotatable bonds is 3. The summed E-state index contributed by atoms with van der Waals surface area (Å²) in [6.07, 6.45) is -4.80. The fourth-order valence-electron chi connectivity index (χ4n) is 2.07. The lowest BCUT2D eigenvalue weighted by Crippen LogP contribution is -2.15. The molecule has 0 saturated heterocycles. The summed E-state index contributed by atoms with van der Waals surface area (Å²) in [7, 11) is -3.38. The summed E-state index contributed by atoms with van der Waals surface area (Å²) in [6, 6.07) is 6.70. The zero-order valence-electron chi connectivity index (χ0n) is 12.3. The van der Waals surface area contributed by atoms with Crippen LogP contribution in [0.3, 0.4) is 0 Å². The van der Waals surface area contributed by atoms with Crippen LogP contribution >= 0.6 is 0 Å². The molecule has 124 valence electrons. The molecule has 0 saturated carbocycles. The predicted octanol–water partition coefficient (Wildman–Crippen LogP) is 3.12. The van der Waals surface area contributed by atoms with E-state index in [2.05, 4.69) is 4.42 Å². The molecule has 0 atom stereocenters. The van der Waals surface area contributed by atoms with Gasteiger partial charge in [0.15, 0.2) is 9.84 Å². The fraction of sp³-hybridized carbons (Fsp3) is 0.267. The maximum absolute atomic E-state index is 12.5. The second kappa shape index (κ2) is 5.84. The molecular formula is C15H13F3O4S. The third kappa shape index (κ3) is 4.22. The first kappa shape index (κ1) is 17.3. The van der Waals surface area contributed by atoms with Gasteiger partial charge >= 0.3 is 11.8 Å². The molecule has 2 aromatic rings. The van der Waals surface area contributed by atoms with Gasteiger partial charge in [-0.3, -0.25) is 0 Å². The smallest absolute Gasteiger partial charge is 0.396 e. The maximum Gasteiger partial charge on any atom is 0.396 e. The Morgan fingerprint density at radius 2 is 1.70 bits per heavy atom. The third-order valence-electron chi connectivity index (χ3n) is 3.21. The second-order valence-electron chi connectivity index (χ2n) is 5.13. The molecule has 0 spiro atoms. The van der Waals surface area contributed by atoms with Gasteiger partial charge in [-0.15, -0.1) is 0 Å². The fourth-order valence-corrected chi connectivity index (χ4v) is 2.70. The van der Waals surface area contributed by atoms with Crippen LogP contribution in [0.25, 0.3) is 11.1 Å². The number of halogens is 3. The van der Waals surface area contributed by atoms with Crippen molar-refractivity contribution in [2.75, 3.05) is 6.26 Å². The maximum atomic E-state index is 12.5. The van der Waals surface area contributed by atoms with Crippen LogP contribution in [0.4, 0.5) is 13.2 Å². The molecule has 0 amide bonds. The Morgan fingerprint density at radius 3 is 2.17 bits per heavy atom. The summed E-state index contributed by atoms with van der Waals surface area (Å²) < 4.78 is 64.9. The third-order valence-corrected chi connectivity index (χ3v) is 4.34. The van der Waals surface area contributed by atoms with E-state index >= 15 is 0 Å². The summed E-state index contributed by atoms with van der Waals surface area (Å²) in [5.41, 5.74) is 0.0174. The number of sulfone groups is 1. The highest BCUT2D eigenvalue weighted by molar-refractivity contribution is 7.90. The van der Waals surface area contributed by atoms with Gasteiger partial charge in [-0.25, -0.2) is 13.2 Å². The van der Waals surface area contributed by atoms with E-state index in [1.54, 1.807) is 0 Å². The van der Waals surface area contributed by atoms with Crippen molar-refractivity contribution in [3.05, 3.63) is 52.1 Å². The molecule has 0 aliphatic rings. The van der Waals surface area contributed by atoms with Crippen molar-refractivity contribution in [2.24, 2.45) is 0 Å². The molecule has 8 heteroatoms. The molecule has 0 radical (unpaired) electrons. The van der Waals surface area contributed by atoms with Crippen LogP contribution in [0.2, 0.25) is 0 Å². The standard InChI is InChI=1S/C15H13F3O4S/c1-9-13(7-11(22-14(9)19)8-15(16,17)18)10-3-5-12(6-4-10)23(2,20)21/h3-7H,8H2,1-2H3. The number of hydrogen-bond donors (Lipinski definition) is 0. The molecule has 0 N–H and O–H groups in total. The minimum atomic E-state index is -4.50. The van der Waals surface area contributed by atoms with Crippen molar-refractivity contribution in [3.63, 3.8) is 0 Å². The first-order valence-electron chi connectivity index (χ1n) is 6.48. The zero-order chi connectivity index (χ0) is 17.4. The van der Waals surface area contributed by atoms with Crippen molar-refractivity contribution >= 4 is 9.84 Å². The summed E-state index contributed by atoms with van der Waals surface area (Å²) in [5.74, 6) is -0.490. The highest BCUT2D eigenvalue weighted by atomic mass is 32.2. The molecule has 1 heterocycles. The molecule has 0 bridgehead atoms. The van der Waals surface area contributed by atoms with Gasteiger partial charge in [0.1, 0.15) is 12.2 Å². The van der Waals surface area contributed by atoms with Crippen LogP contribution in [0.15, 0.2) is 44.4 Å². The van der Waals surface area contributed by atoms with E-state index in [4.69, 9.17) is 0 Å². The Labute approximate surface area is 130 Å². The van der Waals surface area contributed by atoms with Gasteiger partial charge in [0.2, 0.25) is 0 Å². The zero-order valence-corrected chi connectivity index (χ0v) is 13.1. The Bertz CT molecular complexity index is 878. The normalized spacial score (nSPS) is 12.4. The number of benzene rings is 1. The van der Waals surface area contributed by atoms with Crippen LogP contribution in [-0.2, 0) is 16.3 Å². The number of alkyl halides is 3. The molecule has 0 fully saturated rings. The van der Waals surface area contributed by atoms with E-state index in [0.717, 1.165) is 12.3 Å². The predicted molar refractivity (Wildman–Crippen MR) is 78.0 cm³/mol. The van der Waals surface area contributed by atoms with Gasteiger partial charge in [0.25, 0.3) is 0 Å². The van der Waals surface area contributed by atoms with E-state index in [-0.39, 0.29) is 16.0 Å². The largest absolute Gasteiger partial charge is 0.427 e. The Kier molecular flexibility index (Phi) is 4.39. The molecule has 4 nitrogen and oxygen atoms in total. The lowest BCUT2D eigenvalue weighted by atomic mass is 10.0. The van der Waals surface area contributed by atoms with Gasteiger partial charge in [-0.05, 0) is 36.2 Å². The van der Waals surface area contributed by atoms with Crippen molar-refractivity contribution in [1.82, 2.24) is 0 Å². The lowest BCUT2D eigenvalue weighted by molar-refractivity contribution is -0.130. The van der Waals surface area contributed by atoms with Gasteiger partial charge < -0.3 is 4.42 Å². The minimum absolute atomic E-state index is 0.0809. The molecule has 0 unspecified atom stereocenters. The van der Waals surface area contributed by atoms with Crippen LogP contribution in [0.5, 0.6) is 0 Å². The van der Waals surface area contributed by atoms with Crippen molar-refractivity contribution in [2.45, 2.75) is 24.4 Å². The quantitative estimate of drug-likeness (QED) is 0.857. The van der Waals surface area contributed by atoms with Gasteiger partial charge in [0.05, 0.1) is 4.90 Å². The van der Waals surface area contributed by atoms with Crippen LogP contribution < -0.4 is 5.63 Å². The second-order valence-corrected chi connectivity index (χ2v) is 7.14. The Morgan fingerprint density at radius 1 is 1.13 bits per heavy atom. The first-order valence-corrected chi connectivity index (χ1v) is 8.37. The van der Waals surface area contributed by atoms with E-state index in [0.29, 0.717) is 5.56 Å².